The van der Waals surface area contributed by atoms with E-state index in [1.807, 2.05) is 5.32 Å². The fourth-order valence-electron chi connectivity index (χ4n) is 2.31. The van der Waals surface area contributed by atoms with Crippen LogP contribution >= 0.6 is 11.8 Å². The van der Waals surface area contributed by atoms with Crippen molar-refractivity contribution < 1.29 is 45.9 Å². The van der Waals surface area contributed by atoms with Gasteiger partial charge < -0.3 is 15.2 Å². The highest BCUT2D eigenvalue weighted by atomic mass is 32.2. The first-order valence-corrected chi connectivity index (χ1v) is 9.46. The second kappa shape index (κ2) is 9.24. The van der Waals surface area contributed by atoms with E-state index in [4.69, 9.17) is 0 Å². The molecule has 1 unspecified atom stereocenters. The Kier molecular flexibility index (Phi) is 7.29. The predicted octanol–water partition coefficient (Wildman–Crippen LogP) is 4.99. The van der Waals surface area contributed by atoms with Gasteiger partial charge in [-0.15, -0.1) is 24.9 Å². The van der Waals surface area contributed by atoms with Gasteiger partial charge in [-0.1, -0.05) is 12.1 Å². The molecule has 0 aliphatic rings. The second-order valence-electron chi connectivity index (χ2n) is 6.50. The van der Waals surface area contributed by atoms with Gasteiger partial charge in [0.1, 0.15) is 11.4 Å². The largest absolute Gasteiger partial charge is 0.573 e. The van der Waals surface area contributed by atoms with E-state index in [1.165, 1.54) is 18.2 Å². The molecule has 2 rings (SSSR count). The number of alkyl halides is 6. The van der Waals surface area contributed by atoms with Gasteiger partial charge in [-0.2, -0.15) is 13.2 Å². The predicted molar refractivity (Wildman–Crippen MR) is 101 cm³/mol. The maximum Gasteiger partial charge on any atom is 0.573 e. The van der Waals surface area contributed by atoms with Crippen LogP contribution in [0.1, 0.15) is 12.5 Å². The molecule has 0 bridgehead atoms. The molecule has 0 fully saturated rings. The third-order valence-corrected chi connectivity index (χ3v) is 5.20. The Bertz CT molecular complexity index is 1010. The van der Waals surface area contributed by atoms with Gasteiger partial charge in [-0.05, 0) is 25.1 Å². The maximum absolute atomic E-state index is 13.2. The molecule has 14 heteroatoms. The highest BCUT2D eigenvalue weighted by Crippen LogP contribution is 2.38. The summed E-state index contributed by atoms with van der Waals surface area (Å²) in [6, 6.07) is 6.52. The van der Waals surface area contributed by atoms with Gasteiger partial charge >= 0.3 is 12.5 Å². The van der Waals surface area contributed by atoms with E-state index in [1.54, 1.807) is 0 Å². The number of nitrogens with zero attached hydrogens (tertiary/aromatic N) is 1. The molecule has 0 spiro atoms. The SMILES string of the molecule is CC(O)(CSc1ccccc1OC(F)(F)F)C(=O)Nc1ccc([N+](=O)[O-])cc1C(F)(F)F. The Hall–Kier alpha value is -3.00. The van der Waals surface area contributed by atoms with Crippen LogP contribution in [0.3, 0.4) is 0 Å². The molecule has 2 aromatic rings. The van der Waals surface area contributed by atoms with Gasteiger partial charge in [0, 0.05) is 22.8 Å². The van der Waals surface area contributed by atoms with Gasteiger partial charge in [0.2, 0.25) is 0 Å². The first kappa shape index (κ1) is 25.3. The van der Waals surface area contributed by atoms with Crippen LogP contribution in [-0.4, -0.2) is 33.7 Å². The van der Waals surface area contributed by atoms with Crippen molar-refractivity contribution in [1.29, 1.82) is 0 Å². The lowest BCUT2D eigenvalue weighted by Crippen LogP contribution is -2.42. The number of carbonyl (C=O) groups excluding carboxylic acids is 1. The summed E-state index contributed by atoms with van der Waals surface area (Å²) in [5.74, 6) is -2.44. The number of hydrogen-bond donors (Lipinski definition) is 2. The Labute approximate surface area is 180 Å². The number of benzene rings is 2. The number of rotatable bonds is 7. The number of thioether (sulfide) groups is 1. The second-order valence-corrected chi connectivity index (χ2v) is 7.51. The maximum atomic E-state index is 13.2. The third-order valence-electron chi connectivity index (χ3n) is 3.84. The topological polar surface area (TPSA) is 102 Å². The summed E-state index contributed by atoms with van der Waals surface area (Å²) in [7, 11) is 0. The van der Waals surface area contributed by atoms with Crippen molar-refractivity contribution >= 4 is 29.0 Å². The average molecular weight is 484 g/mol. The van der Waals surface area contributed by atoms with Gasteiger partial charge in [-0.25, -0.2) is 0 Å². The molecule has 32 heavy (non-hydrogen) atoms. The molecule has 0 aliphatic carbocycles. The standard InChI is InChI=1S/C18H14F6N2O5S/c1-16(28,9-32-14-5-3-2-4-13(14)31-18(22,23)24)15(27)25-12-7-6-10(26(29)30)8-11(12)17(19,20)21/h2-8,28H,9H2,1H3,(H,25,27). The zero-order chi connectivity index (χ0) is 24.3. The molecule has 0 heterocycles. The molecule has 1 amide bonds. The van der Waals surface area contributed by atoms with Gasteiger partial charge in [0.05, 0.1) is 16.2 Å². The average Bonchev–Trinajstić information content (AvgIpc) is 2.65. The van der Waals surface area contributed by atoms with Crippen LogP contribution in [0.2, 0.25) is 0 Å². The number of ether oxygens (including phenoxy) is 1. The van der Waals surface area contributed by atoms with E-state index in [2.05, 4.69) is 4.74 Å². The van der Waals surface area contributed by atoms with Crippen LogP contribution in [0, 0.1) is 10.1 Å². The highest BCUT2D eigenvalue weighted by Gasteiger charge is 2.38. The van der Waals surface area contributed by atoms with Crippen LogP contribution in [-0.2, 0) is 11.0 Å². The highest BCUT2D eigenvalue weighted by molar-refractivity contribution is 7.99. The van der Waals surface area contributed by atoms with Gasteiger partial charge in [-0.3, -0.25) is 14.9 Å². The minimum absolute atomic E-state index is 0.0794. The lowest BCUT2D eigenvalue weighted by Gasteiger charge is -2.23. The van der Waals surface area contributed by atoms with E-state index < -0.39 is 57.4 Å². The summed E-state index contributed by atoms with van der Waals surface area (Å²) >= 11 is 0.602. The van der Waals surface area contributed by atoms with Crippen LogP contribution in [0.4, 0.5) is 37.7 Å². The zero-order valence-corrected chi connectivity index (χ0v) is 16.8. The molecule has 0 saturated heterocycles. The molecule has 2 aromatic carbocycles. The van der Waals surface area contributed by atoms with Crippen molar-refractivity contribution in [2.24, 2.45) is 0 Å². The fraction of sp³-hybridized carbons (Fsp3) is 0.278. The van der Waals surface area contributed by atoms with Gasteiger partial charge in [0.25, 0.3) is 11.6 Å². The number of anilines is 1. The van der Waals surface area contributed by atoms with Crippen molar-refractivity contribution in [1.82, 2.24) is 0 Å². The number of halogens is 6. The number of non-ortho nitro benzene ring substituents is 1. The molecule has 2 N–H and O–H groups in total. The summed E-state index contributed by atoms with van der Waals surface area (Å²) in [5, 5.41) is 23.0. The van der Waals surface area contributed by atoms with Crippen molar-refractivity contribution in [3.05, 3.63) is 58.1 Å². The Morgan fingerprint density at radius 1 is 1.16 bits per heavy atom. The number of nitrogens with one attached hydrogen (secondary N) is 1. The molecular formula is C18H14F6N2O5S. The first-order valence-electron chi connectivity index (χ1n) is 8.47. The summed E-state index contributed by atoms with van der Waals surface area (Å²) < 4.78 is 81.1. The molecule has 0 radical (unpaired) electrons. The van der Waals surface area contributed by atoms with E-state index in [9.17, 15) is 46.4 Å². The van der Waals surface area contributed by atoms with Crippen molar-refractivity contribution in [3.8, 4) is 5.75 Å². The number of nitro benzene ring substituents is 1. The number of carbonyl (C=O) groups is 1. The summed E-state index contributed by atoms with van der Waals surface area (Å²) in [5.41, 5.74) is -5.54. The quantitative estimate of drug-likeness (QED) is 0.248. The fourth-order valence-corrected chi connectivity index (χ4v) is 3.30. The van der Waals surface area contributed by atoms with E-state index >= 15 is 0 Å². The first-order chi connectivity index (χ1) is 14.6. The summed E-state index contributed by atoms with van der Waals surface area (Å²) in [6.45, 7) is 0.946. The van der Waals surface area contributed by atoms with Crippen LogP contribution in [0.5, 0.6) is 5.75 Å². The number of hydrogen-bond acceptors (Lipinski definition) is 6. The molecule has 7 nitrogen and oxygen atoms in total. The van der Waals surface area contributed by atoms with Crippen LogP contribution < -0.4 is 10.1 Å². The summed E-state index contributed by atoms with van der Waals surface area (Å²) in [4.78, 5) is 22.0. The minimum atomic E-state index is -5.05. The molecule has 0 saturated carbocycles. The van der Waals surface area contributed by atoms with Crippen molar-refractivity contribution in [3.63, 3.8) is 0 Å². The van der Waals surface area contributed by atoms with E-state index in [0.29, 0.717) is 17.8 Å². The molecule has 1 atom stereocenters. The number of amides is 1. The molecule has 0 aromatic heterocycles. The lowest BCUT2D eigenvalue weighted by atomic mass is 10.1. The smallest absolute Gasteiger partial charge is 0.405 e. The van der Waals surface area contributed by atoms with Crippen LogP contribution in [0.15, 0.2) is 47.4 Å². The molecule has 174 valence electrons. The Morgan fingerprint density at radius 3 is 2.34 bits per heavy atom. The van der Waals surface area contributed by atoms with Crippen LogP contribution in [0.25, 0.3) is 0 Å². The van der Waals surface area contributed by atoms with Crippen molar-refractivity contribution in [2.45, 2.75) is 30.0 Å². The van der Waals surface area contributed by atoms with E-state index in [-0.39, 0.29) is 11.0 Å². The zero-order valence-electron chi connectivity index (χ0n) is 16.0. The monoisotopic (exact) mass is 484 g/mol. The van der Waals surface area contributed by atoms with Gasteiger partial charge in [0.15, 0.2) is 0 Å². The Morgan fingerprint density at radius 2 is 1.78 bits per heavy atom. The molecule has 0 aliphatic heterocycles. The van der Waals surface area contributed by atoms with E-state index in [0.717, 1.165) is 19.1 Å². The summed E-state index contributed by atoms with van der Waals surface area (Å²) in [6.07, 6.45) is -10.0. The Balaban J connectivity index is 2.20. The number of aliphatic hydroxyl groups is 1. The number of para-hydroxylation sites is 1. The third kappa shape index (κ3) is 6.75. The lowest BCUT2D eigenvalue weighted by molar-refractivity contribution is -0.385. The minimum Gasteiger partial charge on any atom is -0.405 e. The normalized spacial score (nSPS) is 13.9. The number of nitro groups is 1. The van der Waals surface area contributed by atoms with Crippen molar-refractivity contribution in [2.75, 3.05) is 11.1 Å². The molecular weight excluding hydrogens is 470 g/mol.